The lowest BCUT2D eigenvalue weighted by molar-refractivity contribution is -0.00967. The van der Waals surface area contributed by atoms with E-state index in [4.69, 9.17) is 9.47 Å². The monoisotopic (exact) mass is 237 g/mol. The lowest BCUT2D eigenvalue weighted by atomic mass is 9.91. The molecule has 0 amide bonds. The molecule has 1 aromatic rings. The van der Waals surface area contributed by atoms with Crippen LogP contribution in [0.1, 0.15) is 32.4 Å². The topological polar surface area (TPSA) is 30.5 Å². The summed E-state index contributed by atoms with van der Waals surface area (Å²) in [5.41, 5.74) is 0.839. The van der Waals surface area contributed by atoms with Crippen LogP contribution in [0.15, 0.2) is 24.3 Å². The van der Waals surface area contributed by atoms with Crippen LogP contribution in [0.5, 0.6) is 5.75 Å². The predicted molar refractivity (Wildman–Crippen MR) is 70.5 cm³/mol. The Morgan fingerprint density at radius 3 is 2.47 bits per heavy atom. The lowest BCUT2D eigenvalue weighted by Crippen LogP contribution is -2.39. The molecule has 17 heavy (non-hydrogen) atoms. The van der Waals surface area contributed by atoms with Crippen LogP contribution in [0.2, 0.25) is 0 Å². The molecule has 0 spiro atoms. The van der Waals surface area contributed by atoms with Gasteiger partial charge in [0.2, 0.25) is 0 Å². The average molecular weight is 237 g/mol. The minimum atomic E-state index is -0.290. The zero-order valence-electron chi connectivity index (χ0n) is 11.4. The maximum atomic E-state index is 5.66. The molecule has 0 aromatic heterocycles. The summed E-state index contributed by atoms with van der Waals surface area (Å²) in [4.78, 5) is 0. The van der Waals surface area contributed by atoms with Gasteiger partial charge in [0.15, 0.2) is 0 Å². The number of benzene rings is 1. The molecule has 0 heterocycles. The van der Waals surface area contributed by atoms with E-state index in [1.54, 1.807) is 7.11 Å². The largest absolute Gasteiger partial charge is 0.494 e. The van der Waals surface area contributed by atoms with Crippen molar-refractivity contribution in [1.82, 2.24) is 5.32 Å². The molecule has 1 atom stereocenters. The summed E-state index contributed by atoms with van der Waals surface area (Å²) in [5.74, 6) is 0.916. The molecule has 0 aliphatic heterocycles. The summed E-state index contributed by atoms with van der Waals surface area (Å²) in [6, 6.07) is 8.17. The first-order valence-electron chi connectivity index (χ1n) is 6.01. The van der Waals surface area contributed by atoms with Crippen LogP contribution in [0.25, 0.3) is 0 Å². The van der Waals surface area contributed by atoms with Crippen LogP contribution in [-0.4, -0.2) is 26.4 Å². The first kappa shape index (κ1) is 14.0. The van der Waals surface area contributed by atoms with Gasteiger partial charge in [0.05, 0.1) is 18.2 Å². The van der Waals surface area contributed by atoms with E-state index in [1.165, 1.54) is 0 Å². The summed E-state index contributed by atoms with van der Waals surface area (Å²) in [6.07, 6.45) is 0. The molecule has 1 aromatic carbocycles. The van der Waals surface area contributed by atoms with Gasteiger partial charge in [-0.2, -0.15) is 0 Å². The van der Waals surface area contributed by atoms with Gasteiger partial charge in [-0.3, -0.25) is 0 Å². The SMILES string of the molecule is CCOc1ccccc1C(NC)C(C)(C)OC. The van der Waals surface area contributed by atoms with Crippen molar-refractivity contribution in [2.24, 2.45) is 0 Å². The number of ether oxygens (including phenoxy) is 2. The van der Waals surface area contributed by atoms with Gasteiger partial charge in [-0.15, -0.1) is 0 Å². The summed E-state index contributed by atoms with van der Waals surface area (Å²) >= 11 is 0. The highest BCUT2D eigenvalue weighted by atomic mass is 16.5. The van der Waals surface area contributed by atoms with Crippen LogP contribution in [0.3, 0.4) is 0 Å². The number of hydrogen-bond donors (Lipinski definition) is 1. The van der Waals surface area contributed by atoms with Gasteiger partial charge < -0.3 is 14.8 Å². The van der Waals surface area contributed by atoms with Crippen LogP contribution >= 0.6 is 0 Å². The van der Waals surface area contributed by atoms with Crippen molar-refractivity contribution in [2.75, 3.05) is 20.8 Å². The summed E-state index contributed by atoms with van der Waals surface area (Å²) in [5, 5.41) is 3.30. The maximum absolute atomic E-state index is 5.66. The summed E-state index contributed by atoms with van der Waals surface area (Å²) < 4.78 is 11.2. The summed E-state index contributed by atoms with van der Waals surface area (Å²) in [7, 11) is 3.67. The molecular weight excluding hydrogens is 214 g/mol. The number of rotatable bonds is 6. The minimum absolute atomic E-state index is 0.0928. The molecule has 0 radical (unpaired) electrons. The third kappa shape index (κ3) is 3.20. The molecule has 0 saturated heterocycles. The minimum Gasteiger partial charge on any atom is -0.494 e. The third-order valence-electron chi connectivity index (χ3n) is 3.04. The van der Waals surface area contributed by atoms with Crippen LogP contribution in [0.4, 0.5) is 0 Å². The molecule has 3 nitrogen and oxygen atoms in total. The second-order valence-corrected chi connectivity index (χ2v) is 4.50. The average Bonchev–Trinajstić information content (AvgIpc) is 2.32. The lowest BCUT2D eigenvalue weighted by Gasteiger charge is -2.34. The molecule has 3 heteroatoms. The van der Waals surface area contributed by atoms with E-state index in [9.17, 15) is 0 Å². The van der Waals surface area contributed by atoms with Crippen LogP contribution < -0.4 is 10.1 Å². The molecular formula is C14H23NO2. The highest BCUT2D eigenvalue weighted by Crippen LogP contribution is 2.33. The molecule has 1 rings (SSSR count). The Bertz CT molecular complexity index is 350. The Hall–Kier alpha value is -1.06. The first-order valence-corrected chi connectivity index (χ1v) is 6.01. The van der Waals surface area contributed by atoms with Gasteiger partial charge in [0.25, 0.3) is 0 Å². The van der Waals surface area contributed by atoms with Crippen molar-refractivity contribution in [3.8, 4) is 5.75 Å². The maximum Gasteiger partial charge on any atom is 0.124 e. The predicted octanol–water partition coefficient (Wildman–Crippen LogP) is 2.77. The number of hydrogen-bond acceptors (Lipinski definition) is 3. The number of nitrogens with one attached hydrogen (secondary N) is 1. The van der Waals surface area contributed by atoms with Gasteiger partial charge in [-0.1, -0.05) is 18.2 Å². The van der Waals surface area contributed by atoms with Crippen molar-refractivity contribution in [3.05, 3.63) is 29.8 Å². The van der Waals surface area contributed by atoms with Gasteiger partial charge >= 0.3 is 0 Å². The van der Waals surface area contributed by atoms with Gasteiger partial charge in [-0.05, 0) is 33.9 Å². The van der Waals surface area contributed by atoms with Gasteiger partial charge in [-0.25, -0.2) is 0 Å². The number of methoxy groups -OCH3 is 1. The van der Waals surface area contributed by atoms with E-state index in [0.717, 1.165) is 11.3 Å². The van der Waals surface area contributed by atoms with Crippen LogP contribution in [0, 0.1) is 0 Å². The Morgan fingerprint density at radius 2 is 1.94 bits per heavy atom. The van der Waals surface area contributed by atoms with Gasteiger partial charge in [0, 0.05) is 12.7 Å². The van der Waals surface area contributed by atoms with Gasteiger partial charge in [0.1, 0.15) is 5.75 Å². The van der Waals surface area contributed by atoms with Crippen LogP contribution in [-0.2, 0) is 4.74 Å². The molecule has 0 aliphatic rings. The fourth-order valence-corrected chi connectivity index (χ4v) is 2.00. The second-order valence-electron chi connectivity index (χ2n) is 4.50. The molecule has 0 fully saturated rings. The fraction of sp³-hybridized carbons (Fsp3) is 0.571. The van der Waals surface area contributed by atoms with E-state index >= 15 is 0 Å². The zero-order chi connectivity index (χ0) is 12.9. The van der Waals surface area contributed by atoms with E-state index < -0.39 is 0 Å². The second kappa shape index (κ2) is 6.03. The Kier molecular flexibility index (Phi) is 4.97. The van der Waals surface area contributed by atoms with E-state index in [0.29, 0.717) is 6.61 Å². The highest BCUT2D eigenvalue weighted by Gasteiger charge is 2.31. The van der Waals surface area contributed by atoms with Crippen molar-refractivity contribution in [2.45, 2.75) is 32.4 Å². The van der Waals surface area contributed by atoms with Crippen molar-refractivity contribution in [1.29, 1.82) is 0 Å². The van der Waals surface area contributed by atoms with E-state index in [2.05, 4.69) is 25.2 Å². The highest BCUT2D eigenvalue weighted by molar-refractivity contribution is 5.37. The third-order valence-corrected chi connectivity index (χ3v) is 3.04. The fourth-order valence-electron chi connectivity index (χ4n) is 2.00. The van der Waals surface area contributed by atoms with Crippen molar-refractivity contribution < 1.29 is 9.47 Å². The Morgan fingerprint density at radius 1 is 1.29 bits per heavy atom. The van der Waals surface area contributed by atoms with Crippen molar-refractivity contribution in [3.63, 3.8) is 0 Å². The molecule has 1 N–H and O–H groups in total. The normalized spacial score (nSPS) is 13.5. The first-order chi connectivity index (χ1) is 8.06. The smallest absolute Gasteiger partial charge is 0.124 e. The molecule has 0 bridgehead atoms. The standard InChI is InChI=1S/C14H23NO2/c1-6-17-12-10-8-7-9-11(12)13(15-4)14(2,3)16-5/h7-10,13,15H,6H2,1-5H3. The van der Waals surface area contributed by atoms with E-state index in [-0.39, 0.29) is 11.6 Å². The number of para-hydroxylation sites is 1. The van der Waals surface area contributed by atoms with E-state index in [1.807, 2.05) is 32.2 Å². The zero-order valence-corrected chi connectivity index (χ0v) is 11.4. The van der Waals surface area contributed by atoms with Crippen molar-refractivity contribution >= 4 is 0 Å². The molecule has 0 aliphatic carbocycles. The summed E-state index contributed by atoms with van der Waals surface area (Å²) in [6.45, 7) is 6.79. The number of likely N-dealkylation sites (N-methyl/N-ethyl adjacent to an activating group) is 1. The quantitative estimate of drug-likeness (QED) is 0.825. The molecule has 1 unspecified atom stereocenters. The molecule has 96 valence electrons. The Balaban J connectivity index is 3.11. The Labute approximate surface area is 104 Å². The molecule has 0 saturated carbocycles.